The van der Waals surface area contributed by atoms with Crippen molar-refractivity contribution in [3.63, 3.8) is 0 Å². The van der Waals surface area contributed by atoms with Gasteiger partial charge in [-0.1, -0.05) is 12.1 Å². The number of carbonyl (C=O) groups is 2. The van der Waals surface area contributed by atoms with Crippen LogP contribution in [0, 0.1) is 0 Å². The van der Waals surface area contributed by atoms with E-state index >= 15 is 0 Å². The maximum Gasteiger partial charge on any atom is 0.328 e. The number of carboxylic acid groups (broad SMARTS) is 2. The monoisotopic (exact) mass is 310 g/mol. The van der Waals surface area contributed by atoms with Crippen LogP contribution in [0.15, 0.2) is 41.1 Å². The third kappa shape index (κ3) is 7.50. The predicted molar refractivity (Wildman–Crippen MR) is 81.3 cm³/mol. The van der Waals surface area contributed by atoms with Crippen LogP contribution < -0.4 is 0 Å². The molecular formula is C14H14O4S2. The van der Waals surface area contributed by atoms with Crippen LogP contribution in [-0.2, 0) is 16.0 Å². The summed E-state index contributed by atoms with van der Waals surface area (Å²) in [6, 6.07) is 7.63. The van der Waals surface area contributed by atoms with E-state index in [2.05, 4.69) is 0 Å². The number of hydrogen-bond acceptors (Lipinski definition) is 4. The van der Waals surface area contributed by atoms with E-state index in [0.29, 0.717) is 6.42 Å². The molecule has 0 aromatic carbocycles. The second-order valence-corrected chi connectivity index (χ2v) is 5.67. The first-order valence-corrected chi connectivity index (χ1v) is 7.52. The highest BCUT2D eigenvalue weighted by molar-refractivity contribution is 7.10. The molecule has 0 spiro atoms. The number of aliphatic carboxylic acids is 2. The van der Waals surface area contributed by atoms with Crippen molar-refractivity contribution in [1.29, 1.82) is 0 Å². The third-order valence-corrected chi connectivity index (χ3v) is 3.87. The van der Waals surface area contributed by atoms with Crippen LogP contribution in [0.1, 0.15) is 16.2 Å². The number of aryl methyl sites for hydroxylation is 1. The molecule has 0 bridgehead atoms. The Bertz CT molecular complexity index is 542. The highest BCUT2D eigenvalue weighted by Crippen LogP contribution is 2.10. The summed E-state index contributed by atoms with van der Waals surface area (Å²) in [6.45, 7) is 0. The Morgan fingerprint density at radius 3 is 2.30 bits per heavy atom. The highest BCUT2D eigenvalue weighted by Gasteiger charge is 1.98. The van der Waals surface area contributed by atoms with Crippen LogP contribution >= 0.6 is 22.7 Å². The van der Waals surface area contributed by atoms with Gasteiger partial charge in [-0.3, -0.25) is 4.79 Å². The van der Waals surface area contributed by atoms with Crippen LogP contribution in [0.3, 0.4) is 0 Å². The van der Waals surface area contributed by atoms with Crippen molar-refractivity contribution < 1.29 is 19.8 Å². The SMILES string of the molecule is O=C(O)C=Cc1cccs1.O=C(O)CCc1cccs1. The smallest absolute Gasteiger partial charge is 0.328 e. The first-order chi connectivity index (χ1) is 9.58. The molecular weight excluding hydrogens is 296 g/mol. The molecule has 0 fully saturated rings. The molecule has 0 unspecified atom stereocenters. The van der Waals surface area contributed by atoms with Gasteiger partial charge in [0.25, 0.3) is 0 Å². The second-order valence-electron chi connectivity index (χ2n) is 3.66. The molecule has 0 amide bonds. The average molecular weight is 310 g/mol. The summed E-state index contributed by atoms with van der Waals surface area (Å²) >= 11 is 3.12. The largest absolute Gasteiger partial charge is 0.481 e. The van der Waals surface area contributed by atoms with Gasteiger partial charge >= 0.3 is 11.9 Å². The maximum absolute atomic E-state index is 10.1. The van der Waals surface area contributed by atoms with Crippen LogP contribution in [0.4, 0.5) is 0 Å². The molecule has 4 nitrogen and oxygen atoms in total. The fraction of sp³-hybridized carbons (Fsp3) is 0.143. The molecule has 0 atom stereocenters. The molecule has 106 valence electrons. The van der Waals surface area contributed by atoms with Gasteiger partial charge in [0, 0.05) is 15.8 Å². The summed E-state index contributed by atoms with van der Waals surface area (Å²) in [7, 11) is 0. The molecule has 2 aromatic rings. The Kier molecular flexibility index (Phi) is 7.31. The Morgan fingerprint density at radius 2 is 1.80 bits per heavy atom. The second kappa shape index (κ2) is 9.06. The van der Waals surface area contributed by atoms with E-state index in [-0.39, 0.29) is 6.42 Å². The van der Waals surface area contributed by atoms with Gasteiger partial charge in [0.2, 0.25) is 0 Å². The van der Waals surface area contributed by atoms with Crippen LogP contribution in [-0.4, -0.2) is 22.2 Å². The summed E-state index contributed by atoms with van der Waals surface area (Å²) < 4.78 is 0. The molecule has 0 saturated heterocycles. The molecule has 2 aromatic heterocycles. The van der Waals surface area contributed by atoms with E-state index in [1.807, 2.05) is 35.0 Å². The summed E-state index contributed by atoms with van der Waals surface area (Å²) in [5.41, 5.74) is 0. The zero-order valence-electron chi connectivity index (χ0n) is 10.6. The lowest BCUT2D eigenvalue weighted by atomic mass is 10.3. The molecule has 2 N–H and O–H groups in total. The fourth-order valence-electron chi connectivity index (χ4n) is 1.22. The highest BCUT2D eigenvalue weighted by atomic mass is 32.1. The van der Waals surface area contributed by atoms with Gasteiger partial charge in [-0.05, 0) is 35.4 Å². The molecule has 0 radical (unpaired) electrons. The molecule has 20 heavy (non-hydrogen) atoms. The van der Waals surface area contributed by atoms with Gasteiger partial charge < -0.3 is 10.2 Å². The minimum absolute atomic E-state index is 0.237. The topological polar surface area (TPSA) is 74.6 Å². The lowest BCUT2D eigenvalue weighted by Gasteiger charge is -1.89. The summed E-state index contributed by atoms with van der Waals surface area (Å²) in [6.07, 6.45) is 3.60. The maximum atomic E-state index is 10.1. The fourth-order valence-corrected chi connectivity index (χ4v) is 2.55. The number of hydrogen-bond donors (Lipinski definition) is 2. The van der Waals surface area contributed by atoms with E-state index in [1.54, 1.807) is 17.4 Å². The number of carboxylic acids is 2. The van der Waals surface area contributed by atoms with Crippen molar-refractivity contribution in [3.8, 4) is 0 Å². The Balaban J connectivity index is 0.000000200. The van der Waals surface area contributed by atoms with Gasteiger partial charge in [0.1, 0.15) is 0 Å². The van der Waals surface area contributed by atoms with E-state index in [1.165, 1.54) is 11.3 Å². The van der Waals surface area contributed by atoms with Gasteiger partial charge in [-0.2, -0.15) is 0 Å². The van der Waals surface area contributed by atoms with Crippen molar-refractivity contribution >= 4 is 40.7 Å². The molecule has 0 aliphatic carbocycles. The van der Waals surface area contributed by atoms with E-state index in [4.69, 9.17) is 10.2 Å². The standard InChI is InChI=1S/C7H8O2S.C7H6O2S/c2*8-7(9)4-3-6-2-1-5-10-6/h1-2,5H,3-4H2,(H,8,9);1-5H,(H,8,9). The minimum Gasteiger partial charge on any atom is -0.481 e. The first-order valence-electron chi connectivity index (χ1n) is 5.76. The molecule has 0 aliphatic rings. The Labute approximate surface area is 124 Å². The number of rotatable bonds is 5. The normalized spacial score (nSPS) is 10.0. The summed E-state index contributed by atoms with van der Waals surface area (Å²) in [5.74, 6) is -1.64. The zero-order valence-corrected chi connectivity index (χ0v) is 12.2. The lowest BCUT2D eigenvalue weighted by molar-refractivity contribution is -0.137. The lowest BCUT2D eigenvalue weighted by Crippen LogP contribution is -1.95. The Hall–Kier alpha value is -1.92. The molecule has 6 heteroatoms. The van der Waals surface area contributed by atoms with Crippen LogP contribution in [0.2, 0.25) is 0 Å². The molecule has 0 saturated carbocycles. The van der Waals surface area contributed by atoms with Crippen molar-refractivity contribution in [2.24, 2.45) is 0 Å². The zero-order chi connectivity index (χ0) is 14.8. The van der Waals surface area contributed by atoms with Crippen molar-refractivity contribution in [2.75, 3.05) is 0 Å². The van der Waals surface area contributed by atoms with E-state index in [0.717, 1.165) is 15.8 Å². The summed E-state index contributed by atoms with van der Waals surface area (Å²) in [5, 5.41) is 20.4. The van der Waals surface area contributed by atoms with Crippen molar-refractivity contribution in [1.82, 2.24) is 0 Å². The molecule has 2 rings (SSSR count). The predicted octanol–water partition coefficient (Wildman–Crippen LogP) is 3.61. The average Bonchev–Trinajstić information content (AvgIpc) is 3.08. The quantitative estimate of drug-likeness (QED) is 0.827. The van der Waals surface area contributed by atoms with Crippen LogP contribution in [0.5, 0.6) is 0 Å². The van der Waals surface area contributed by atoms with E-state index < -0.39 is 11.9 Å². The summed E-state index contributed by atoms with van der Waals surface area (Å²) in [4.78, 5) is 22.2. The third-order valence-electron chi connectivity index (χ3n) is 2.10. The molecule has 0 aliphatic heterocycles. The molecule has 2 heterocycles. The van der Waals surface area contributed by atoms with Crippen LogP contribution in [0.25, 0.3) is 6.08 Å². The van der Waals surface area contributed by atoms with Gasteiger partial charge in [0.05, 0.1) is 6.42 Å². The number of thiophene rings is 2. The Morgan fingerprint density at radius 1 is 1.10 bits per heavy atom. The van der Waals surface area contributed by atoms with E-state index in [9.17, 15) is 9.59 Å². The minimum atomic E-state index is -0.909. The first kappa shape index (κ1) is 16.1. The van der Waals surface area contributed by atoms with Crippen molar-refractivity contribution in [3.05, 3.63) is 50.9 Å². The van der Waals surface area contributed by atoms with Gasteiger partial charge in [0.15, 0.2) is 0 Å². The van der Waals surface area contributed by atoms with Gasteiger partial charge in [-0.25, -0.2) is 4.79 Å². The van der Waals surface area contributed by atoms with Crippen molar-refractivity contribution in [2.45, 2.75) is 12.8 Å². The van der Waals surface area contributed by atoms with Gasteiger partial charge in [-0.15, -0.1) is 22.7 Å².